The maximum absolute atomic E-state index is 10.8. The molecule has 0 aliphatic rings. The zero-order chi connectivity index (χ0) is 16.7. The van der Waals surface area contributed by atoms with Gasteiger partial charge in [0.15, 0.2) is 18.1 Å². The van der Waals surface area contributed by atoms with Crippen molar-refractivity contribution < 1.29 is 14.3 Å². The van der Waals surface area contributed by atoms with Crippen LogP contribution in [-0.2, 0) is 11.3 Å². The van der Waals surface area contributed by atoms with Crippen molar-refractivity contribution in [3.8, 4) is 11.5 Å². The van der Waals surface area contributed by atoms with Crippen molar-refractivity contribution in [3.05, 3.63) is 59.7 Å². The first kappa shape index (κ1) is 16.8. The highest BCUT2D eigenvalue weighted by molar-refractivity contribution is 5.75. The number of rotatable bonds is 8. The van der Waals surface area contributed by atoms with E-state index < -0.39 is 5.91 Å². The van der Waals surface area contributed by atoms with Gasteiger partial charge < -0.3 is 20.5 Å². The number of primary amides is 1. The molecule has 1 amide bonds. The van der Waals surface area contributed by atoms with E-state index in [1.807, 2.05) is 30.3 Å². The second-order valence-electron chi connectivity index (χ2n) is 5.25. The number of nitrogens with two attached hydrogens (primary N) is 1. The molecule has 0 spiro atoms. The van der Waals surface area contributed by atoms with Crippen LogP contribution < -0.4 is 20.5 Å². The summed E-state index contributed by atoms with van der Waals surface area (Å²) in [6.07, 6.45) is 0. The zero-order valence-corrected chi connectivity index (χ0v) is 13.4. The molecule has 0 saturated heterocycles. The first-order chi connectivity index (χ1) is 11.1. The van der Waals surface area contributed by atoms with Crippen LogP contribution in [0.4, 0.5) is 0 Å². The molecule has 2 rings (SSSR count). The molecule has 1 unspecified atom stereocenters. The molecule has 0 heterocycles. The molecule has 5 heteroatoms. The summed E-state index contributed by atoms with van der Waals surface area (Å²) in [6.45, 7) is 2.65. The summed E-state index contributed by atoms with van der Waals surface area (Å²) >= 11 is 0. The fourth-order valence-corrected chi connectivity index (χ4v) is 2.22. The third-order valence-corrected chi connectivity index (χ3v) is 3.51. The molecule has 2 aromatic rings. The quantitative estimate of drug-likeness (QED) is 0.785. The van der Waals surface area contributed by atoms with E-state index in [0.29, 0.717) is 18.0 Å². The minimum absolute atomic E-state index is 0.168. The summed E-state index contributed by atoms with van der Waals surface area (Å²) in [5.74, 6) is 0.568. The average Bonchev–Trinajstić information content (AvgIpc) is 2.58. The minimum atomic E-state index is -0.519. The van der Waals surface area contributed by atoms with Gasteiger partial charge in [-0.1, -0.05) is 36.4 Å². The van der Waals surface area contributed by atoms with Crippen molar-refractivity contribution in [3.63, 3.8) is 0 Å². The van der Waals surface area contributed by atoms with Crippen molar-refractivity contribution in [2.75, 3.05) is 13.7 Å². The second-order valence-corrected chi connectivity index (χ2v) is 5.25. The van der Waals surface area contributed by atoms with Crippen LogP contribution in [0.1, 0.15) is 24.1 Å². The van der Waals surface area contributed by atoms with Gasteiger partial charge in [-0.2, -0.15) is 0 Å². The van der Waals surface area contributed by atoms with E-state index >= 15 is 0 Å². The van der Waals surface area contributed by atoms with E-state index in [2.05, 4.69) is 24.4 Å². The Kier molecular flexibility index (Phi) is 6.00. The maximum Gasteiger partial charge on any atom is 0.255 e. The summed E-state index contributed by atoms with van der Waals surface area (Å²) in [5, 5.41) is 3.47. The number of benzene rings is 2. The fraction of sp³-hybridized carbons (Fsp3) is 0.278. The molecule has 0 radical (unpaired) electrons. The first-order valence-corrected chi connectivity index (χ1v) is 7.46. The monoisotopic (exact) mass is 314 g/mol. The molecule has 5 nitrogen and oxygen atoms in total. The fourth-order valence-electron chi connectivity index (χ4n) is 2.22. The molecule has 1 atom stereocenters. The lowest BCUT2D eigenvalue weighted by molar-refractivity contribution is -0.119. The molecule has 0 bridgehead atoms. The molecule has 0 aromatic heterocycles. The highest BCUT2D eigenvalue weighted by atomic mass is 16.5. The summed E-state index contributed by atoms with van der Waals surface area (Å²) in [6, 6.07) is 16.1. The van der Waals surface area contributed by atoms with Gasteiger partial charge in [0, 0.05) is 12.6 Å². The molecule has 0 saturated carbocycles. The Morgan fingerprint density at radius 3 is 2.57 bits per heavy atom. The molecular weight excluding hydrogens is 292 g/mol. The molecule has 0 fully saturated rings. The smallest absolute Gasteiger partial charge is 0.255 e. The van der Waals surface area contributed by atoms with E-state index in [-0.39, 0.29) is 12.6 Å². The van der Waals surface area contributed by atoms with E-state index in [0.717, 1.165) is 5.56 Å². The zero-order valence-electron chi connectivity index (χ0n) is 13.4. The van der Waals surface area contributed by atoms with E-state index in [9.17, 15) is 4.79 Å². The van der Waals surface area contributed by atoms with Gasteiger partial charge in [0.1, 0.15) is 0 Å². The van der Waals surface area contributed by atoms with Crippen LogP contribution in [0.25, 0.3) is 0 Å². The van der Waals surface area contributed by atoms with Crippen molar-refractivity contribution >= 4 is 5.91 Å². The second kappa shape index (κ2) is 8.19. The molecule has 0 aliphatic carbocycles. The Morgan fingerprint density at radius 1 is 1.17 bits per heavy atom. The molecule has 0 aliphatic heterocycles. The van der Waals surface area contributed by atoms with Crippen LogP contribution in [0.3, 0.4) is 0 Å². The topological polar surface area (TPSA) is 73.6 Å². The third-order valence-electron chi connectivity index (χ3n) is 3.51. The predicted molar refractivity (Wildman–Crippen MR) is 89.4 cm³/mol. The van der Waals surface area contributed by atoms with Gasteiger partial charge in [-0.25, -0.2) is 0 Å². The van der Waals surface area contributed by atoms with Gasteiger partial charge >= 0.3 is 0 Å². The summed E-state index contributed by atoms with van der Waals surface area (Å²) in [5.41, 5.74) is 7.39. The maximum atomic E-state index is 10.8. The van der Waals surface area contributed by atoms with E-state index in [1.165, 1.54) is 5.56 Å². The summed E-state index contributed by atoms with van der Waals surface area (Å²) in [7, 11) is 1.57. The Labute approximate surface area is 136 Å². The molecular formula is C18H22N2O3. The highest BCUT2D eigenvalue weighted by Gasteiger charge is 2.09. The lowest BCUT2D eigenvalue weighted by atomic mass is 10.1. The molecule has 2 aromatic carbocycles. The minimum Gasteiger partial charge on any atom is -0.493 e. The SMILES string of the molecule is COc1cc(CNC(C)c2ccccc2)ccc1OCC(N)=O. The summed E-state index contributed by atoms with van der Waals surface area (Å²) in [4.78, 5) is 10.8. The van der Waals surface area contributed by atoms with E-state index in [4.69, 9.17) is 15.2 Å². The van der Waals surface area contributed by atoms with Gasteiger partial charge in [-0.3, -0.25) is 4.79 Å². The van der Waals surface area contributed by atoms with Crippen LogP contribution in [0.5, 0.6) is 11.5 Å². The number of methoxy groups -OCH3 is 1. The van der Waals surface area contributed by atoms with Crippen LogP contribution in [0.2, 0.25) is 0 Å². The number of amides is 1. The van der Waals surface area contributed by atoms with Gasteiger partial charge in [-0.15, -0.1) is 0 Å². The number of hydrogen-bond donors (Lipinski definition) is 2. The molecule has 3 N–H and O–H groups in total. The van der Waals surface area contributed by atoms with Gasteiger partial charge in [0.2, 0.25) is 0 Å². The largest absolute Gasteiger partial charge is 0.493 e. The molecule has 122 valence electrons. The van der Waals surface area contributed by atoms with E-state index in [1.54, 1.807) is 13.2 Å². The number of nitrogens with one attached hydrogen (secondary N) is 1. The van der Waals surface area contributed by atoms with Crippen molar-refractivity contribution in [2.24, 2.45) is 5.73 Å². The number of hydrogen-bond acceptors (Lipinski definition) is 4. The van der Waals surface area contributed by atoms with Gasteiger partial charge in [0.05, 0.1) is 7.11 Å². The van der Waals surface area contributed by atoms with Gasteiger partial charge in [0.25, 0.3) is 5.91 Å². The molecule has 23 heavy (non-hydrogen) atoms. The first-order valence-electron chi connectivity index (χ1n) is 7.46. The van der Waals surface area contributed by atoms with Crippen molar-refractivity contribution in [2.45, 2.75) is 19.5 Å². The van der Waals surface area contributed by atoms with Crippen LogP contribution in [0.15, 0.2) is 48.5 Å². The average molecular weight is 314 g/mol. The highest BCUT2D eigenvalue weighted by Crippen LogP contribution is 2.28. The van der Waals surface area contributed by atoms with Crippen molar-refractivity contribution in [1.29, 1.82) is 0 Å². The van der Waals surface area contributed by atoms with Gasteiger partial charge in [-0.05, 0) is 30.2 Å². The van der Waals surface area contributed by atoms with Crippen LogP contribution >= 0.6 is 0 Å². The third kappa shape index (κ3) is 5.00. The van der Waals surface area contributed by atoms with Crippen molar-refractivity contribution in [1.82, 2.24) is 5.32 Å². The number of carbonyl (C=O) groups is 1. The Bertz CT molecular complexity index is 644. The number of carbonyl (C=O) groups excluding carboxylic acids is 1. The Hall–Kier alpha value is -2.53. The lowest BCUT2D eigenvalue weighted by Gasteiger charge is -2.15. The Balaban J connectivity index is 1.99. The normalized spacial score (nSPS) is 11.7. The van der Waals surface area contributed by atoms with Crippen LogP contribution in [-0.4, -0.2) is 19.6 Å². The van der Waals surface area contributed by atoms with Crippen LogP contribution in [0, 0.1) is 0 Å². The summed E-state index contributed by atoms with van der Waals surface area (Å²) < 4.78 is 10.6. The predicted octanol–water partition coefficient (Wildman–Crippen LogP) is 2.41. The standard InChI is InChI=1S/C18H22N2O3/c1-13(15-6-4-3-5-7-15)20-11-14-8-9-16(17(10-14)22-2)23-12-18(19)21/h3-10,13,20H,11-12H2,1-2H3,(H2,19,21). The Morgan fingerprint density at radius 2 is 1.91 bits per heavy atom. The lowest BCUT2D eigenvalue weighted by Crippen LogP contribution is -2.20. The number of ether oxygens (including phenoxy) is 2.